The third-order valence-corrected chi connectivity index (χ3v) is 3.29. The average molecular weight is 259 g/mol. The number of fused-ring (bicyclic) bond motifs is 1. The number of hydrogen-bond acceptors (Lipinski definition) is 2. The zero-order valence-corrected chi connectivity index (χ0v) is 9.99. The van der Waals surface area contributed by atoms with Crippen LogP contribution in [0.2, 0.25) is 0 Å². The Morgan fingerprint density at radius 2 is 1.84 bits per heavy atom. The van der Waals surface area contributed by atoms with Gasteiger partial charge in [-0.15, -0.1) is 0 Å². The molecule has 0 radical (unpaired) electrons. The lowest BCUT2D eigenvalue weighted by molar-refractivity contribution is 0.0972. The van der Waals surface area contributed by atoms with E-state index in [9.17, 15) is 13.6 Å². The van der Waals surface area contributed by atoms with Crippen LogP contribution in [0.15, 0.2) is 42.5 Å². The van der Waals surface area contributed by atoms with Crippen molar-refractivity contribution in [1.29, 1.82) is 0 Å². The van der Waals surface area contributed by atoms with Crippen molar-refractivity contribution in [2.24, 2.45) is 0 Å². The number of carbonyl (C=O) groups excluding carboxylic acids is 1. The molecule has 0 aliphatic carbocycles. The summed E-state index contributed by atoms with van der Waals surface area (Å²) >= 11 is 0. The van der Waals surface area contributed by atoms with E-state index in [0.29, 0.717) is 11.1 Å². The van der Waals surface area contributed by atoms with Gasteiger partial charge in [-0.2, -0.15) is 0 Å². The summed E-state index contributed by atoms with van der Waals surface area (Å²) in [6.07, 6.45) is 0.238. The molecule has 1 heterocycles. The number of halogens is 2. The van der Waals surface area contributed by atoms with Crippen LogP contribution in [0.3, 0.4) is 0 Å². The predicted octanol–water partition coefficient (Wildman–Crippen LogP) is 3.70. The fraction of sp³-hybridized carbons (Fsp3) is 0.133. The number of ketones is 1. The van der Waals surface area contributed by atoms with Crippen molar-refractivity contribution in [2.75, 3.05) is 5.32 Å². The van der Waals surface area contributed by atoms with Crippen LogP contribution in [0.1, 0.15) is 28.4 Å². The van der Waals surface area contributed by atoms with E-state index >= 15 is 0 Å². The molecule has 19 heavy (non-hydrogen) atoms. The SMILES string of the molecule is O=C1C[C@H](c2ccc(F)c(F)c2)Nc2ccccc21. The van der Waals surface area contributed by atoms with Crippen molar-refractivity contribution in [3.8, 4) is 0 Å². The third kappa shape index (κ3) is 2.10. The summed E-state index contributed by atoms with van der Waals surface area (Å²) in [4.78, 5) is 12.0. The summed E-state index contributed by atoms with van der Waals surface area (Å²) in [6, 6.07) is 10.6. The number of Topliss-reactive ketones (excluding diaryl/α,β-unsaturated/α-hetero) is 1. The summed E-state index contributed by atoms with van der Waals surface area (Å²) in [6.45, 7) is 0. The maximum atomic E-state index is 13.2. The molecule has 2 aromatic rings. The molecule has 96 valence electrons. The van der Waals surface area contributed by atoms with Gasteiger partial charge in [-0.1, -0.05) is 18.2 Å². The molecule has 0 unspecified atom stereocenters. The summed E-state index contributed by atoms with van der Waals surface area (Å²) in [5, 5.41) is 3.18. The number of para-hydroxylation sites is 1. The van der Waals surface area contributed by atoms with E-state index in [1.165, 1.54) is 6.07 Å². The molecule has 0 saturated carbocycles. The first-order valence-corrected chi connectivity index (χ1v) is 5.99. The Balaban J connectivity index is 1.96. The molecule has 3 rings (SSSR count). The second-order valence-electron chi connectivity index (χ2n) is 4.54. The molecule has 0 saturated heterocycles. The molecule has 0 amide bonds. The van der Waals surface area contributed by atoms with E-state index in [2.05, 4.69) is 5.32 Å². The zero-order valence-electron chi connectivity index (χ0n) is 9.99. The highest BCUT2D eigenvalue weighted by Gasteiger charge is 2.25. The average Bonchev–Trinajstić information content (AvgIpc) is 2.42. The van der Waals surface area contributed by atoms with Crippen molar-refractivity contribution in [1.82, 2.24) is 0 Å². The molecule has 1 aliphatic heterocycles. The quantitative estimate of drug-likeness (QED) is 0.846. The second-order valence-corrected chi connectivity index (χ2v) is 4.54. The Morgan fingerprint density at radius 1 is 1.05 bits per heavy atom. The van der Waals surface area contributed by atoms with Gasteiger partial charge in [-0.3, -0.25) is 4.79 Å². The van der Waals surface area contributed by atoms with Crippen LogP contribution in [-0.2, 0) is 0 Å². The van der Waals surface area contributed by atoms with Crippen molar-refractivity contribution in [3.05, 3.63) is 65.2 Å². The molecule has 1 aliphatic rings. The van der Waals surface area contributed by atoms with Gasteiger partial charge in [0.1, 0.15) is 0 Å². The van der Waals surface area contributed by atoms with Gasteiger partial charge in [0.15, 0.2) is 17.4 Å². The minimum absolute atomic E-state index is 0.00378. The molecule has 2 aromatic carbocycles. The monoisotopic (exact) mass is 259 g/mol. The van der Waals surface area contributed by atoms with Crippen LogP contribution in [0.5, 0.6) is 0 Å². The standard InChI is InChI=1S/C15H11F2NO/c16-11-6-5-9(7-12(11)17)14-8-15(19)10-3-1-2-4-13(10)18-14/h1-7,14,18H,8H2/t14-/m1/s1. The smallest absolute Gasteiger partial charge is 0.167 e. The summed E-state index contributed by atoms with van der Waals surface area (Å²) < 4.78 is 26.2. The van der Waals surface area contributed by atoms with Crippen LogP contribution in [-0.4, -0.2) is 5.78 Å². The van der Waals surface area contributed by atoms with Gasteiger partial charge >= 0.3 is 0 Å². The van der Waals surface area contributed by atoms with Gasteiger partial charge in [-0.25, -0.2) is 8.78 Å². The predicted molar refractivity (Wildman–Crippen MR) is 68.1 cm³/mol. The van der Waals surface area contributed by atoms with Crippen molar-refractivity contribution < 1.29 is 13.6 Å². The Labute approximate surface area is 109 Å². The highest BCUT2D eigenvalue weighted by molar-refractivity contribution is 6.03. The van der Waals surface area contributed by atoms with E-state index in [1.807, 2.05) is 6.07 Å². The number of anilines is 1. The van der Waals surface area contributed by atoms with Crippen molar-refractivity contribution in [3.63, 3.8) is 0 Å². The lowest BCUT2D eigenvalue weighted by atomic mass is 9.92. The minimum atomic E-state index is -0.898. The van der Waals surface area contributed by atoms with E-state index < -0.39 is 11.6 Å². The largest absolute Gasteiger partial charge is 0.377 e. The van der Waals surface area contributed by atoms with Gasteiger partial charge < -0.3 is 5.32 Å². The first kappa shape index (κ1) is 11.8. The van der Waals surface area contributed by atoms with Gasteiger partial charge in [0.2, 0.25) is 0 Å². The third-order valence-electron chi connectivity index (χ3n) is 3.29. The maximum absolute atomic E-state index is 13.2. The molecular formula is C15H11F2NO. The number of nitrogens with one attached hydrogen (secondary N) is 1. The number of carbonyl (C=O) groups is 1. The van der Waals surface area contributed by atoms with Gasteiger partial charge in [0.25, 0.3) is 0 Å². The summed E-state index contributed by atoms with van der Waals surface area (Å²) in [5.74, 6) is -1.78. The van der Waals surface area contributed by atoms with Crippen LogP contribution in [0.4, 0.5) is 14.5 Å². The molecule has 0 aromatic heterocycles. The van der Waals surface area contributed by atoms with Gasteiger partial charge in [0, 0.05) is 17.7 Å². The molecule has 0 spiro atoms. The molecule has 1 N–H and O–H groups in total. The molecule has 0 fully saturated rings. The maximum Gasteiger partial charge on any atom is 0.167 e. The van der Waals surface area contributed by atoms with Crippen molar-refractivity contribution >= 4 is 11.5 Å². The first-order valence-electron chi connectivity index (χ1n) is 5.99. The van der Waals surface area contributed by atoms with Crippen LogP contribution in [0, 0.1) is 11.6 Å². The molecular weight excluding hydrogens is 248 g/mol. The Morgan fingerprint density at radius 3 is 2.63 bits per heavy atom. The summed E-state index contributed by atoms with van der Waals surface area (Å²) in [5.41, 5.74) is 1.94. The lowest BCUT2D eigenvalue weighted by Crippen LogP contribution is -2.22. The topological polar surface area (TPSA) is 29.1 Å². The zero-order chi connectivity index (χ0) is 13.4. The van der Waals surface area contributed by atoms with Crippen LogP contribution < -0.4 is 5.32 Å². The van der Waals surface area contributed by atoms with E-state index in [0.717, 1.165) is 17.8 Å². The van der Waals surface area contributed by atoms with Crippen LogP contribution >= 0.6 is 0 Å². The fourth-order valence-electron chi connectivity index (χ4n) is 2.32. The summed E-state index contributed by atoms with van der Waals surface area (Å²) in [7, 11) is 0. The Kier molecular flexibility index (Phi) is 2.78. The Hall–Kier alpha value is -2.23. The van der Waals surface area contributed by atoms with E-state index in [-0.39, 0.29) is 18.2 Å². The normalized spacial score (nSPS) is 17.8. The fourth-order valence-corrected chi connectivity index (χ4v) is 2.32. The van der Waals surface area contributed by atoms with Gasteiger partial charge in [-0.05, 0) is 29.8 Å². The van der Waals surface area contributed by atoms with Crippen molar-refractivity contribution in [2.45, 2.75) is 12.5 Å². The molecule has 2 nitrogen and oxygen atoms in total. The highest BCUT2D eigenvalue weighted by atomic mass is 19.2. The van der Waals surface area contributed by atoms with E-state index in [4.69, 9.17) is 0 Å². The molecule has 0 bridgehead atoms. The second kappa shape index (κ2) is 4.46. The first-order chi connectivity index (χ1) is 9.15. The van der Waals surface area contributed by atoms with E-state index in [1.54, 1.807) is 18.2 Å². The number of rotatable bonds is 1. The minimum Gasteiger partial charge on any atom is -0.377 e. The Bertz CT molecular complexity index is 654. The molecule has 4 heteroatoms. The highest BCUT2D eigenvalue weighted by Crippen LogP contribution is 2.32. The van der Waals surface area contributed by atoms with Gasteiger partial charge in [0.05, 0.1) is 6.04 Å². The number of hydrogen-bond donors (Lipinski definition) is 1. The number of benzene rings is 2. The lowest BCUT2D eigenvalue weighted by Gasteiger charge is -2.26. The molecule has 1 atom stereocenters. The van der Waals surface area contributed by atoms with Crippen LogP contribution in [0.25, 0.3) is 0 Å².